The number of benzene rings is 1. The minimum atomic E-state index is -0.0355. The van der Waals surface area contributed by atoms with Gasteiger partial charge < -0.3 is 15.2 Å². The molecule has 5 heteroatoms. The van der Waals surface area contributed by atoms with Gasteiger partial charge in [0.2, 0.25) is 0 Å². The Balaban J connectivity index is 2.20. The van der Waals surface area contributed by atoms with Crippen LogP contribution in [-0.2, 0) is 13.6 Å². The minimum Gasteiger partial charge on any atom is -0.397 e. The molecule has 1 aromatic carbocycles. The van der Waals surface area contributed by atoms with Gasteiger partial charge in [-0.05, 0) is 30.7 Å². The lowest BCUT2D eigenvalue weighted by Gasteiger charge is -2.21. The van der Waals surface area contributed by atoms with Crippen LogP contribution in [0.3, 0.4) is 0 Å². The molecule has 0 aliphatic rings. The zero-order valence-corrected chi connectivity index (χ0v) is 12.4. The molecular formula is C15H18ClN3O. The second-order valence-corrected chi connectivity index (χ2v) is 5.16. The summed E-state index contributed by atoms with van der Waals surface area (Å²) >= 11 is 5.97. The minimum absolute atomic E-state index is 0.0355. The van der Waals surface area contributed by atoms with Gasteiger partial charge in [-0.1, -0.05) is 23.7 Å². The maximum absolute atomic E-state index is 12.5. The maximum Gasteiger partial charge on any atom is 0.270 e. The first-order chi connectivity index (χ1) is 9.51. The van der Waals surface area contributed by atoms with E-state index < -0.39 is 0 Å². The molecule has 20 heavy (non-hydrogen) atoms. The fourth-order valence-electron chi connectivity index (χ4n) is 2.15. The van der Waals surface area contributed by atoms with Gasteiger partial charge in [0.1, 0.15) is 5.69 Å². The van der Waals surface area contributed by atoms with Crippen molar-refractivity contribution in [3.63, 3.8) is 0 Å². The highest BCUT2D eigenvalue weighted by Crippen LogP contribution is 2.16. The first-order valence-electron chi connectivity index (χ1n) is 6.46. The third-order valence-electron chi connectivity index (χ3n) is 3.18. The van der Waals surface area contributed by atoms with Crippen molar-refractivity contribution < 1.29 is 4.79 Å². The summed E-state index contributed by atoms with van der Waals surface area (Å²) in [6, 6.07) is 9.23. The number of amides is 1. The molecule has 0 atom stereocenters. The molecule has 0 bridgehead atoms. The van der Waals surface area contributed by atoms with Crippen LogP contribution in [0.25, 0.3) is 0 Å². The SMILES string of the molecule is CCN(Cc1cccc(Cl)c1)C(=O)c1cc(N)cn1C. The van der Waals surface area contributed by atoms with Gasteiger partial charge in [0.15, 0.2) is 0 Å². The molecule has 4 nitrogen and oxygen atoms in total. The van der Waals surface area contributed by atoms with Crippen LogP contribution in [0.2, 0.25) is 5.02 Å². The van der Waals surface area contributed by atoms with Crippen molar-refractivity contribution in [1.82, 2.24) is 9.47 Å². The summed E-state index contributed by atoms with van der Waals surface area (Å²) in [5.41, 5.74) is 7.91. The van der Waals surface area contributed by atoms with E-state index in [-0.39, 0.29) is 5.91 Å². The van der Waals surface area contributed by atoms with E-state index in [0.29, 0.717) is 29.5 Å². The molecule has 1 aromatic heterocycles. The zero-order chi connectivity index (χ0) is 14.7. The molecule has 0 saturated heterocycles. The van der Waals surface area contributed by atoms with E-state index >= 15 is 0 Å². The van der Waals surface area contributed by atoms with Crippen molar-refractivity contribution >= 4 is 23.2 Å². The second kappa shape index (κ2) is 6.01. The number of anilines is 1. The number of hydrogen-bond acceptors (Lipinski definition) is 2. The van der Waals surface area contributed by atoms with Crippen molar-refractivity contribution in [2.45, 2.75) is 13.5 Å². The normalized spacial score (nSPS) is 10.6. The van der Waals surface area contributed by atoms with Gasteiger partial charge in [0.05, 0.1) is 5.69 Å². The van der Waals surface area contributed by atoms with E-state index in [4.69, 9.17) is 17.3 Å². The Morgan fingerprint density at radius 3 is 2.70 bits per heavy atom. The number of aromatic nitrogens is 1. The number of nitrogens with zero attached hydrogens (tertiary/aromatic N) is 2. The van der Waals surface area contributed by atoms with Crippen molar-refractivity contribution in [2.24, 2.45) is 7.05 Å². The fourth-order valence-corrected chi connectivity index (χ4v) is 2.36. The van der Waals surface area contributed by atoms with Crippen LogP contribution in [-0.4, -0.2) is 21.9 Å². The molecular weight excluding hydrogens is 274 g/mol. The zero-order valence-electron chi connectivity index (χ0n) is 11.6. The van der Waals surface area contributed by atoms with E-state index in [1.165, 1.54) is 0 Å². The Kier molecular flexibility index (Phi) is 4.35. The largest absolute Gasteiger partial charge is 0.397 e. The topological polar surface area (TPSA) is 51.3 Å². The predicted molar refractivity (Wildman–Crippen MR) is 81.7 cm³/mol. The van der Waals surface area contributed by atoms with Crippen LogP contribution in [0.5, 0.6) is 0 Å². The highest BCUT2D eigenvalue weighted by atomic mass is 35.5. The summed E-state index contributed by atoms with van der Waals surface area (Å²) < 4.78 is 1.75. The lowest BCUT2D eigenvalue weighted by atomic mass is 10.2. The number of rotatable bonds is 4. The van der Waals surface area contributed by atoms with Gasteiger partial charge in [0, 0.05) is 31.4 Å². The van der Waals surface area contributed by atoms with Crippen molar-refractivity contribution in [3.05, 3.63) is 52.8 Å². The van der Waals surface area contributed by atoms with Crippen LogP contribution < -0.4 is 5.73 Å². The molecule has 1 amide bonds. The van der Waals surface area contributed by atoms with Gasteiger partial charge in [-0.25, -0.2) is 0 Å². The number of hydrogen-bond donors (Lipinski definition) is 1. The summed E-state index contributed by atoms with van der Waals surface area (Å²) in [6.45, 7) is 3.10. The molecule has 2 aromatic rings. The summed E-state index contributed by atoms with van der Waals surface area (Å²) in [4.78, 5) is 14.3. The monoisotopic (exact) mass is 291 g/mol. The average molecular weight is 292 g/mol. The molecule has 2 N–H and O–H groups in total. The Labute approximate surface area is 123 Å². The maximum atomic E-state index is 12.5. The third kappa shape index (κ3) is 3.14. The predicted octanol–water partition coefficient (Wildman–Crippen LogP) is 2.92. The molecule has 0 spiro atoms. The lowest BCUT2D eigenvalue weighted by molar-refractivity contribution is 0.0743. The second-order valence-electron chi connectivity index (χ2n) is 4.72. The molecule has 106 valence electrons. The number of aryl methyl sites for hydroxylation is 1. The Bertz CT molecular complexity index is 621. The van der Waals surface area contributed by atoms with Crippen molar-refractivity contribution in [3.8, 4) is 0 Å². The molecule has 0 aliphatic carbocycles. The number of halogens is 1. The van der Waals surface area contributed by atoms with Gasteiger partial charge in [0.25, 0.3) is 5.91 Å². The summed E-state index contributed by atoms with van der Waals surface area (Å²) in [5.74, 6) is -0.0355. The van der Waals surface area contributed by atoms with Gasteiger partial charge in [-0.3, -0.25) is 4.79 Å². The summed E-state index contributed by atoms with van der Waals surface area (Å²) in [5, 5.41) is 0.675. The molecule has 1 heterocycles. The molecule has 0 unspecified atom stereocenters. The molecule has 0 radical (unpaired) electrons. The van der Waals surface area contributed by atoms with Crippen LogP contribution in [0.1, 0.15) is 23.0 Å². The first kappa shape index (κ1) is 14.5. The van der Waals surface area contributed by atoms with Gasteiger partial charge >= 0.3 is 0 Å². The number of nitrogen functional groups attached to an aromatic ring is 1. The van der Waals surface area contributed by atoms with E-state index in [0.717, 1.165) is 5.56 Å². The molecule has 0 fully saturated rings. The van der Waals surface area contributed by atoms with Crippen LogP contribution >= 0.6 is 11.6 Å². The molecule has 2 rings (SSSR count). The van der Waals surface area contributed by atoms with Crippen LogP contribution in [0.4, 0.5) is 5.69 Å². The molecule has 0 saturated carbocycles. The number of carbonyl (C=O) groups is 1. The van der Waals surface area contributed by atoms with Gasteiger partial charge in [-0.2, -0.15) is 0 Å². The van der Waals surface area contributed by atoms with E-state index in [9.17, 15) is 4.79 Å². The Hall–Kier alpha value is -1.94. The molecule has 0 aliphatic heterocycles. The standard InChI is InChI=1S/C15H18ClN3O/c1-3-19(9-11-5-4-6-12(16)7-11)15(20)14-8-13(17)10-18(14)2/h4-8,10H,3,9,17H2,1-2H3. The van der Waals surface area contributed by atoms with Crippen LogP contribution in [0.15, 0.2) is 36.5 Å². The first-order valence-corrected chi connectivity index (χ1v) is 6.84. The highest BCUT2D eigenvalue weighted by molar-refractivity contribution is 6.30. The quantitative estimate of drug-likeness (QED) is 0.941. The van der Waals surface area contributed by atoms with E-state index in [1.807, 2.05) is 38.2 Å². The highest BCUT2D eigenvalue weighted by Gasteiger charge is 2.18. The summed E-state index contributed by atoms with van der Waals surface area (Å²) in [6.07, 6.45) is 1.74. The Morgan fingerprint density at radius 1 is 1.40 bits per heavy atom. The fraction of sp³-hybridized carbons (Fsp3) is 0.267. The average Bonchev–Trinajstić information content (AvgIpc) is 2.74. The van der Waals surface area contributed by atoms with Crippen LogP contribution in [0, 0.1) is 0 Å². The third-order valence-corrected chi connectivity index (χ3v) is 3.41. The smallest absolute Gasteiger partial charge is 0.270 e. The van der Waals surface area contributed by atoms with E-state index in [1.54, 1.807) is 21.7 Å². The van der Waals surface area contributed by atoms with E-state index in [2.05, 4.69) is 0 Å². The lowest BCUT2D eigenvalue weighted by Crippen LogP contribution is -2.31. The number of nitrogens with two attached hydrogens (primary N) is 1. The number of carbonyl (C=O) groups excluding carboxylic acids is 1. The van der Waals surface area contributed by atoms with Crippen molar-refractivity contribution in [2.75, 3.05) is 12.3 Å². The summed E-state index contributed by atoms with van der Waals surface area (Å²) in [7, 11) is 1.82. The Morgan fingerprint density at radius 2 is 2.15 bits per heavy atom. The van der Waals surface area contributed by atoms with Gasteiger partial charge in [-0.15, -0.1) is 0 Å². The van der Waals surface area contributed by atoms with Crippen molar-refractivity contribution in [1.29, 1.82) is 0 Å².